The molecule has 93 heavy (non-hydrogen) atoms. The molecule has 10 rings (SSSR count). The van der Waals surface area contributed by atoms with E-state index in [1.165, 1.54) is 7.11 Å². The molecule has 3 aliphatic heterocycles. The first-order valence-electron chi connectivity index (χ1n) is 30.4. The molecule has 0 bridgehead atoms. The van der Waals surface area contributed by atoms with Crippen molar-refractivity contribution >= 4 is 11.9 Å². The number of ether oxygens (including phenoxy) is 15. The Labute approximate surface area is 538 Å². The Hall–Kier alpha value is -8.58. The van der Waals surface area contributed by atoms with Gasteiger partial charge in [-0.1, -0.05) is 192 Å². The van der Waals surface area contributed by atoms with Crippen LogP contribution >= 0.6 is 0 Å². The highest BCUT2D eigenvalue weighted by atomic mass is 16.8. The Morgan fingerprint density at radius 3 is 1.28 bits per heavy atom. The molecule has 15 atom stereocenters. The number of hydrogen-bond donors (Lipinski definition) is 0. The lowest BCUT2D eigenvalue weighted by atomic mass is 9.94. The predicted octanol–water partition coefficient (Wildman–Crippen LogP) is 11.1. The number of methoxy groups -OCH3 is 3. The maximum Gasteiger partial charge on any atom is 0.338 e. The van der Waals surface area contributed by atoms with E-state index in [0.717, 1.165) is 34.9 Å². The summed E-state index contributed by atoms with van der Waals surface area (Å²) in [5.74, 6) is -1.20. The zero-order valence-electron chi connectivity index (χ0n) is 51.6. The molecule has 23 nitrogen and oxygen atoms in total. The van der Waals surface area contributed by atoms with Crippen LogP contribution in [0.3, 0.4) is 0 Å². The van der Waals surface area contributed by atoms with Gasteiger partial charge in [0.05, 0.1) is 72.6 Å². The second-order valence-electron chi connectivity index (χ2n) is 22.0. The van der Waals surface area contributed by atoms with Crippen LogP contribution in [0.25, 0.3) is 20.9 Å². The van der Waals surface area contributed by atoms with Crippen LogP contribution in [0.4, 0.5) is 0 Å². The van der Waals surface area contributed by atoms with Crippen LogP contribution in [0.1, 0.15) is 43.7 Å². The Balaban J connectivity index is 1.08. The van der Waals surface area contributed by atoms with Gasteiger partial charge in [-0.05, 0) is 68.7 Å². The number of carbonyl (C=O) groups is 2. The quantitative estimate of drug-likeness (QED) is 0.0169. The number of rotatable bonds is 31. The SMILES string of the molecule is COC(=O)C1O[C@@H](O[C@@H]2C(COCc3ccccc3)O[C@H](OC)C(N=[N+]=[N-])[C@@H]2OCc2ccccc2)C(OC(=O)c2ccccc2)[C@H](OCc2ccccc2)[C@@H]1O[C@H]1OC(COCc2ccccc2)[C@@H](OCc2ccc(OC)cc2)[C@@H](OCc2ccccc2)C1N=[N+]=[N-]. The first kappa shape index (κ1) is 67.3. The normalized spacial score (nSPS) is 25.9. The number of esters is 2. The third-order valence-corrected chi connectivity index (χ3v) is 15.8. The fraction of sp³-hybridized carbons (Fsp3) is 0.371. The standard InChI is InChI=1S/C70H74N6O17/c1-79-53-36-34-51(35-37-53)43-84-58-54(44-82-38-46-22-10-4-11-23-46)89-69(57(74-76-72)60(58)85-40-48-26-14-6-15-27-48)92-63-62(87-42-50-30-18-8-19-31-50)65(90-66(77)52-32-20-9-21-33-52)70(93-64(63)67(78)80-2)91-59-55(45-83-39-47-24-12-5-13-25-47)88-68(81-3)56(73-75-71)61(59)86-41-49-28-16-7-17-29-49/h4-37,54-65,68-70H,38-45H2,1-3H3/t54?,55?,56?,57?,58-,59-,60+,61+,62-,63+,64?,65?,68+,69-,70-/m1/s1. The van der Waals surface area contributed by atoms with Crippen molar-refractivity contribution in [2.24, 2.45) is 10.2 Å². The van der Waals surface area contributed by atoms with Crippen LogP contribution in [0.5, 0.6) is 5.75 Å². The average Bonchev–Trinajstić information content (AvgIpc) is 0.799. The molecule has 0 aromatic heterocycles. The van der Waals surface area contributed by atoms with Crippen molar-refractivity contribution < 1.29 is 80.6 Å². The van der Waals surface area contributed by atoms with Crippen LogP contribution in [0, 0.1) is 0 Å². The van der Waals surface area contributed by atoms with E-state index < -0.39 is 104 Å². The minimum atomic E-state index is -1.83. The highest BCUT2D eigenvalue weighted by Crippen LogP contribution is 2.40. The molecular formula is C70H74N6O17. The highest BCUT2D eigenvalue weighted by Gasteiger charge is 2.59. The molecular weight excluding hydrogens is 1200 g/mol. The van der Waals surface area contributed by atoms with Gasteiger partial charge in [0, 0.05) is 16.9 Å². The number of hydrogen-bond acceptors (Lipinski definition) is 19. The molecule has 486 valence electrons. The lowest BCUT2D eigenvalue weighted by Gasteiger charge is -2.50. The van der Waals surface area contributed by atoms with Crippen molar-refractivity contribution in [2.75, 3.05) is 34.5 Å². The third kappa shape index (κ3) is 18.4. The summed E-state index contributed by atoms with van der Waals surface area (Å²) in [6, 6.07) is 59.7. The Morgan fingerprint density at radius 1 is 0.419 bits per heavy atom. The maximum atomic E-state index is 14.9. The molecule has 3 aliphatic rings. The summed E-state index contributed by atoms with van der Waals surface area (Å²) in [6.45, 7) is -0.111. The van der Waals surface area contributed by atoms with Gasteiger partial charge in [-0.2, -0.15) is 0 Å². The largest absolute Gasteiger partial charge is 0.497 e. The Kier molecular flexibility index (Phi) is 25.3. The minimum absolute atomic E-state index is 0.0111. The number of azide groups is 2. The van der Waals surface area contributed by atoms with E-state index in [4.69, 9.17) is 71.1 Å². The molecule has 3 fully saturated rings. The van der Waals surface area contributed by atoms with Gasteiger partial charge in [0.2, 0.25) is 0 Å². The van der Waals surface area contributed by atoms with Gasteiger partial charge in [0.1, 0.15) is 66.7 Å². The molecule has 0 amide bonds. The summed E-state index contributed by atoms with van der Waals surface area (Å²) >= 11 is 0. The summed E-state index contributed by atoms with van der Waals surface area (Å²) in [5, 5.41) is 8.48. The van der Waals surface area contributed by atoms with Crippen LogP contribution < -0.4 is 4.74 Å². The first-order valence-corrected chi connectivity index (χ1v) is 30.4. The molecule has 0 saturated carbocycles. The molecule has 0 N–H and O–H groups in total. The molecule has 23 heteroatoms. The second-order valence-corrected chi connectivity index (χ2v) is 22.0. The smallest absolute Gasteiger partial charge is 0.338 e. The van der Waals surface area contributed by atoms with Crippen molar-refractivity contribution in [3.8, 4) is 5.75 Å². The maximum absolute atomic E-state index is 14.9. The molecule has 6 unspecified atom stereocenters. The summed E-state index contributed by atoms with van der Waals surface area (Å²) < 4.78 is 98.5. The van der Waals surface area contributed by atoms with Crippen molar-refractivity contribution in [3.05, 3.63) is 266 Å². The summed E-state index contributed by atoms with van der Waals surface area (Å²) in [6.07, 6.45) is -18.3. The fourth-order valence-corrected chi connectivity index (χ4v) is 11.2. The van der Waals surface area contributed by atoms with Crippen molar-refractivity contribution in [2.45, 2.75) is 132 Å². The van der Waals surface area contributed by atoms with Crippen molar-refractivity contribution in [3.63, 3.8) is 0 Å². The van der Waals surface area contributed by atoms with Crippen molar-refractivity contribution in [1.82, 2.24) is 0 Å². The molecule has 3 saturated heterocycles. The lowest BCUT2D eigenvalue weighted by Crippen LogP contribution is -2.68. The molecule has 7 aromatic carbocycles. The third-order valence-electron chi connectivity index (χ3n) is 15.8. The summed E-state index contributed by atoms with van der Waals surface area (Å²) in [5.41, 5.74) is 25.6. The Bertz CT molecular complexity index is 3470. The highest BCUT2D eigenvalue weighted by molar-refractivity contribution is 5.89. The van der Waals surface area contributed by atoms with E-state index in [1.807, 2.05) is 176 Å². The van der Waals surface area contributed by atoms with E-state index in [9.17, 15) is 20.7 Å². The van der Waals surface area contributed by atoms with E-state index in [1.54, 1.807) is 37.4 Å². The predicted molar refractivity (Wildman–Crippen MR) is 335 cm³/mol. The van der Waals surface area contributed by atoms with E-state index in [-0.39, 0.29) is 58.4 Å². The van der Waals surface area contributed by atoms with Crippen LogP contribution in [-0.4, -0.2) is 138 Å². The van der Waals surface area contributed by atoms with E-state index >= 15 is 0 Å². The summed E-state index contributed by atoms with van der Waals surface area (Å²) in [7, 11) is 4.14. The van der Waals surface area contributed by atoms with E-state index in [2.05, 4.69) is 20.1 Å². The molecule has 0 radical (unpaired) electrons. The van der Waals surface area contributed by atoms with Gasteiger partial charge in [0.25, 0.3) is 0 Å². The molecule has 3 heterocycles. The zero-order valence-corrected chi connectivity index (χ0v) is 51.6. The van der Waals surface area contributed by atoms with Gasteiger partial charge < -0.3 is 71.1 Å². The molecule has 0 spiro atoms. The van der Waals surface area contributed by atoms with Gasteiger partial charge in [-0.25, -0.2) is 9.59 Å². The number of nitrogens with zero attached hydrogens (tertiary/aromatic N) is 6. The monoisotopic (exact) mass is 1270 g/mol. The first-order chi connectivity index (χ1) is 45.7. The van der Waals surface area contributed by atoms with Gasteiger partial charge in [-0.15, -0.1) is 0 Å². The molecule has 7 aromatic rings. The fourth-order valence-electron chi connectivity index (χ4n) is 11.2. The number of carbonyl (C=O) groups excluding carboxylic acids is 2. The van der Waals surface area contributed by atoms with Gasteiger partial charge in [-0.3, -0.25) is 0 Å². The van der Waals surface area contributed by atoms with Crippen LogP contribution in [0.2, 0.25) is 0 Å². The second kappa shape index (κ2) is 34.9. The van der Waals surface area contributed by atoms with Crippen LogP contribution in [0.15, 0.2) is 216 Å². The molecule has 0 aliphatic carbocycles. The minimum Gasteiger partial charge on any atom is -0.497 e. The lowest BCUT2D eigenvalue weighted by molar-refractivity contribution is -0.368. The van der Waals surface area contributed by atoms with E-state index in [0.29, 0.717) is 11.3 Å². The van der Waals surface area contributed by atoms with Gasteiger partial charge >= 0.3 is 11.9 Å². The zero-order chi connectivity index (χ0) is 64.6. The number of benzene rings is 7. The van der Waals surface area contributed by atoms with Crippen LogP contribution in [-0.2, 0) is 111 Å². The van der Waals surface area contributed by atoms with Crippen molar-refractivity contribution in [1.29, 1.82) is 0 Å². The average molecular weight is 1270 g/mol. The topological polar surface area (TPSA) is 270 Å². The summed E-state index contributed by atoms with van der Waals surface area (Å²) in [4.78, 5) is 36.3. The van der Waals surface area contributed by atoms with Gasteiger partial charge in [0.15, 0.2) is 31.1 Å². The Morgan fingerprint density at radius 2 is 0.817 bits per heavy atom.